The summed E-state index contributed by atoms with van der Waals surface area (Å²) in [7, 11) is 0. The van der Waals surface area contributed by atoms with Crippen molar-refractivity contribution in [1.29, 1.82) is 0 Å². The molecule has 10 rings (SSSR count). The molecule has 0 atom stereocenters. The number of para-hydroxylation sites is 2. The molecule has 53 heavy (non-hydrogen) atoms. The number of benzene rings is 8. The molecule has 0 fully saturated rings. The summed E-state index contributed by atoms with van der Waals surface area (Å²) < 4.78 is 0. The predicted octanol–water partition coefficient (Wildman–Crippen LogP) is 12.7. The molecule has 0 radical (unpaired) electrons. The molecule has 0 spiro atoms. The van der Waals surface area contributed by atoms with Crippen LogP contribution in [0.1, 0.15) is 22.3 Å². The van der Waals surface area contributed by atoms with Gasteiger partial charge in [0.15, 0.2) is 0 Å². The molecule has 1 aromatic heterocycles. The van der Waals surface area contributed by atoms with E-state index < -0.39 is 5.41 Å². The minimum atomic E-state index is -0.501. The highest BCUT2D eigenvalue weighted by atomic mass is 16.6. The van der Waals surface area contributed by atoms with Gasteiger partial charge in [0.25, 0.3) is 5.69 Å². The average Bonchev–Trinajstić information content (AvgIpc) is 3.54. The molecule has 8 aromatic carbocycles. The zero-order valence-corrected chi connectivity index (χ0v) is 28.7. The predicted molar refractivity (Wildman–Crippen MR) is 218 cm³/mol. The smallest absolute Gasteiger partial charge is 0.293 e. The maximum absolute atomic E-state index is 12.6. The van der Waals surface area contributed by atoms with Gasteiger partial charge in [-0.25, -0.2) is 0 Å². The lowest BCUT2D eigenvalue weighted by molar-refractivity contribution is -0.383. The van der Waals surface area contributed by atoms with Crippen molar-refractivity contribution >= 4 is 49.0 Å². The van der Waals surface area contributed by atoms with Gasteiger partial charge < -0.3 is 4.98 Å². The van der Waals surface area contributed by atoms with Gasteiger partial charge in [0, 0.05) is 22.4 Å². The summed E-state index contributed by atoms with van der Waals surface area (Å²) in [5.41, 5.74) is 10.2. The number of nitro benzene ring substituents is 1. The lowest BCUT2D eigenvalue weighted by atomic mass is 9.67. The Balaban J connectivity index is 1.29. The van der Waals surface area contributed by atoms with E-state index in [1.807, 2.05) is 24.3 Å². The molecule has 1 aliphatic rings. The Labute approximate surface area is 306 Å². The number of rotatable bonds is 4. The van der Waals surface area contributed by atoms with Crippen LogP contribution >= 0.6 is 0 Å². The molecule has 1 aliphatic carbocycles. The van der Waals surface area contributed by atoms with Gasteiger partial charge in [-0.15, -0.1) is 0 Å². The average molecular weight is 681 g/mol. The molecule has 9 aromatic rings. The number of nitrogens with zero attached hydrogens (tertiary/aromatic N) is 1. The van der Waals surface area contributed by atoms with E-state index in [0.29, 0.717) is 5.52 Å². The van der Waals surface area contributed by atoms with Crippen molar-refractivity contribution in [3.8, 4) is 22.3 Å². The topological polar surface area (TPSA) is 58.9 Å². The van der Waals surface area contributed by atoms with Crippen molar-refractivity contribution in [3.05, 3.63) is 220 Å². The molecule has 0 unspecified atom stereocenters. The highest BCUT2D eigenvalue weighted by molar-refractivity contribution is 6.20. The maximum atomic E-state index is 12.6. The number of non-ortho nitro benzene ring substituents is 1. The van der Waals surface area contributed by atoms with E-state index >= 15 is 0 Å². The van der Waals surface area contributed by atoms with E-state index in [1.165, 1.54) is 33.4 Å². The third kappa shape index (κ3) is 4.56. The van der Waals surface area contributed by atoms with Gasteiger partial charge in [-0.3, -0.25) is 10.1 Å². The Kier molecular flexibility index (Phi) is 6.99. The first-order chi connectivity index (χ1) is 26.1. The van der Waals surface area contributed by atoms with Gasteiger partial charge in [0.05, 0.1) is 15.9 Å². The molecule has 4 nitrogen and oxygen atoms in total. The van der Waals surface area contributed by atoms with Crippen molar-refractivity contribution in [2.75, 3.05) is 0 Å². The molecule has 0 saturated carbocycles. The lowest BCUT2D eigenvalue weighted by Crippen LogP contribution is -2.28. The number of aromatic nitrogens is 1. The fraction of sp³-hybridized carbons (Fsp3) is 0.0204. The van der Waals surface area contributed by atoms with E-state index in [0.717, 1.165) is 49.0 Å². The third-order valence-corrected chi connectivity index (χ3v) is 11.1. The maximum Gasteiger partial charge on any atom is 0.293 e. The zero-order chi connectivity index (χ0) is 35.5. The first-order valence-electron chi connectivity index (χ1n) is 17.9. The molecular formula is C49H32N2O2. The number of H-pyrrole nitrogens is 1. The van der Waals surface area contributed by atoms with E-state index in [2.05, 4.69) is 157 Å². The quantitative estimate of drug-likeness (QED) is 0.149. The molecular weight excluding hydrogens is 649 g/mol. The van der Waals surface area contributed by atoms with E-state index in [4.69, 9.17) is 0 Å². The normalized spacial score (nSPS) is 12.8. The van der Waals surface area contributed by atoms with E-state index in [-0.39, 0.29) is 10.6 Å². The molecule has 0 saturated heterocycles. The van der Waals surface area contributed by atoms with E-state index in [9.17, 15) is 10.1 Å². The summed E-state index contributed by atoms with van der Waals surface area (Å²) >= 11 is 0. The standard InChI is InChI=1S/C49H32N2O2/c52-51(53)46-27-13-24-43-39-19-7-5-17-37(39)36-16-4-6-18-38(36)42-23-12-22-35(47(42)50-48(43)46)32-28-30-34(31-29-32)49(33-14-2-1-3-15-33)44-25-10-8-20-40(44)41-21-9-11-26-45(41)49/h1-31,50H. The number of nitrogens with one attached hydrogen (secondary N) is 1. The van der Waals surface area contributed by atoms with Crippen LogP contribution in [0.3, 0.4) is 0 Å². The van der Waals surface area contributed by atoms with Gasteiger partial charge in [-0.05, 0) is 60.5 Å². The zero-order valence-electron chi connectivity index (χ0n) is 28.7. The van der Waals surface area contributed by atoms with Gasteiger partial charge in [-0.2, -0.15) is 0 Å². The van der Waals surface area contributed by atoms with Crippen LogP contribution < -0.4 is 0 Å². The fourth-order valence-corrected chi connectivity index (χ4v) is 8.84. The van der Waals surface area contributed by atoms with Crippen molar-refractivity contribution in [2.24, 2.45) is 0 Å². The summed E-state index contributed by atoms with van der Waals surface area (Å²) in [6, 6.07) is 65.4. The molecule has 0 bridgehead atoms. The van der Waals surface area contributed by atoms with Crippen LogP contribution in [-0.4, -0.2) is 9.91 Å². The Bertz CT molecular complexity index is 2930. The van der Waals surface area contributed by atoms with Crippen molar-refractivity contribution in [1.82, 2.24) is 4.98 Å². The molecule has 0 amide bonds. The summed E-state index contributed by atoms with van der Waals surface area (Å²) in [5.74, 6) is 0. The number of hydrogen-bond acceptors (Lipinski definition) is 2. The number of fused-ring (bicyclic) bond motifs is 10. The van der Waals surface area contributed by atoms with Crippen molar-refractivity contribution < 1.29 is 4.92 Å². The molecule has 0 aliphatic heterocycles. The second-order valence-corrected chi connectivity index (χ2v) is 13.7. The monoisotopic (exact) mass is 680 g/mol. The highest BCUT2D eigenvalue weighted by Gasteiger charge is 2.45. The van der Waals surface area contributed by atoms with E-state index in [1.54, 1.807) is 12.1 Å². The summed E-state index contributed by atoms with van der Waals surface area (Å²) in [6.45, 7) is 0. The molecule has 1 N–H and O–H groups in total. The summed E-state index contributed by atoms with van der Waals surface area (Å²) in [4.78, 5) is 16.0. The van der Waals surface area contributed by atoms with Crippen LogP contribution in [0, 0.1) is 10.1 Å². The molecule has 1 heterocycles. The minimum absolute atomic E-state index is 0.0303. The Hall–Kier alpha value is -7.04. The Morgan fingerprint density at radius 3 is 1.42 bits per heavy atom. The second-order valence-electron chi connectivity index (χ2n) is 13.7. The lowest BCUT2D eigenvalue weighted by Gasteiger charge is -2.34. The highest BCUT2D eigenvalue weighted by Crippen LogP contribution is 2.56. The number of nitro groups is 1. The van der Waals surface area contributed by atoms with Crippen LogP contribution in [0.4, 0.5) is 5.69 Å². The molecule has 4 heteroatoms. The van der Waals surface area contributed by atoms with Gasteiger partial charge in [-0.1, -0.05) is 182 Å². The number of aromatic amines is 1. The summed E-state index contributed by atoms with van der Waals surface area (Å²) in [6.07, 6.45) is 0. The van der Waals surface area contributed by atoms with Gasteiger partial charge >= 0.3 is 0 Å². The Morgan fingerprint density at radius 1 is 0.396 bits per heavy atom. The van der Waals surface area contributed by atoms with Crippen LogP contribution in [0.25, 0.3) is 65.6 Å². The van der Waals surface area contributed by atoms with Gasteiger partial charge in [0.2, 0.25) is 0 Å². The van der Waals surface area contributed by atoms with Crippen LogP contribution in [0.5, 0.6) is 0 Å². The second kappa shape index (κ2) is 12.0. The Morgan fingerprint density at radius 2 is 0.830 bits per heavy atom. The largest absolute Gasteiger partial charge is 0.348 e. The first-order valence-corrected chi connectivity index (χ1v) is 17.9. The first kappa shape index (κ1) is 30.8. The summed E-state index contributed by atoms with van der Waals surface area (Å²) in [5, 5.41) is 18.5. The van der Waals surface area contributed by atoms with Crippen molar-refractivity contribution in [2.45, 2.75) is 5.41 Å². The SMILES string of the molecule is O=[N+]([O-])c1cccc2c1[nH]c1c(-c3ccc(C4(c5ccccc5)c5ccccc5-c5ccccc54)cc3)cccc1c1ccccc1c1ccccc21. The van der Waals surface area contributed by atoms with Gasteiger partial charge in [0.1, 0.15) is 5.52 Å². The van der Waals surface area contributed by atoms with Crippen molar-refractivity contribution in [3.63, 3.8) is 0 Å². The molecule has 250 valence electrons. The third-order valence-electron chi connectivity index (χ3n) is 11.1. The fourth-order valence-electron chi connectivity index (χ4n) is 8.84. The van der Waals surface area contributed by atoms with Crippen LogP contribution in [0.2, 0.25) is 0 Å². The van der Waals surface area contributed by atoms with Crippen LogP contribution in [-0.2, 0) is 5.41 Å². The minimum Gasteiger partial charge on any atom is -0.348 e. The van der Waals surface area contributed by atoms with Crippen LogP contribution in [0.15, 0.2) is 188 Å². The number of hydrogen-bond donors (Lipinski definition) is 1.